The summed E-state index contributed by atoms with van der Waals surface area (Å²) in [5, 5.41) is 8.47. The Hall–Kier alpha value is -7.82. The zero-order chi connectivity index (χ0) is 48.6. The van der Waals surface area contributed by atoms with Crippen molar-refractivity contribution in [3.05, 3.63) is 178 Å². The van der Waals surface area contributed by atoms with Crippen LogP contribution in [0.4, 0.5) is 0 Å². The highest BCUT2D eigenvalue weighted by molar-refractivity contribution is 6.24. The van der Waals surface area contributed by atoms with Gasteiger partial charge in [-0.2, -0.15) is 0 Å². The van der Waals surface area contributed by atoms with Gasteiger partial charge in [-0.1, -0.05) is 115 Å². The number of fused-ring (bicyclic) bond motifs is 2. The summed E-state index contributed by atoms with van der Waals surface area (Å²) in [6.45, 7) is 2.40. The van der Waals surface area contributed by atoms with Gasteiger partial charge in [0.05, 0.1) is 22.3 Å². The zero-order valence-corrected chi connectivity index (χ0v) is 38.5. The second-order valence-corrected chi connectivity index (χ2v) is 17.2. The molecular formula is C53H54N8O8. The maximum atomic E-state index is 14.2. The predicted octanol–water partition coefficient (Wildman–Crippen LogP) is 2.79. The lowest BCUT2D eigenvalue weighted by Gasteiger charge is -2.33. The van der Waals surface area contributed by atoms with Crippen LogP contribution in [0.5, 0.6) is 0 Å². The van der Waals surface area contributed by atoms with E-state index in [0.29, 0.717) is 61.3 Å². The van der Waals surface area contributed by atoms with E-state index < -0.39 is 59.6 Å². The fraction of sp³-hybridized carbons (Fsp3) is 0.283. The van der Waals surface area contributed by atoms with E-state index in [1.165, 1.54) is 11.9 Å². The number of likely N-dealkylation sites (N-methyl/N-ethyl adjacent to an activating group) is 2. The number of rotatable bonds is 12. The zero-order valence-electron chi connectivity index (χ0n) is 38.5. The van der Waals surface area contributed by atoms with Crippen molar-refractivity contribution in [2.45, 2.75) is 43.6 Å². The SMILES string of the molecule is CNC(=O)[C@H](Cc1ccccc1)N1CCN(Cc2ccccc2)C[C@H](N2C(=O)c3ccccc3C2=O)C1=O.CNC(=O)[C@H](Cc1ccccc1)N1CCNC[C@H](N2C(=O)c3ccccc3C2=O)C1=O. The highest BCUT2D eigenvalue weighted by Crippen LogP contribution is 2.29. The molecule has 16 nitrogen and oxygen atoms in total. The molecule has 5 aromatic carbocycles. The van der Waals surface area contributed by atoms with Gasteiger partial charge in [-0.25, -0.2) is 0 Å². The molecule has 4 heterocycles. The molecule has 2 saturated heterocycles. The Morgan fingerprint density at radius 2 is 0.884 bits per heavy atom. The average Bonchev–Trinajstić information content (AvgIpc) is 3.59. The van der Waals surface area contributed by atoms with Gasteiger partial charge in [0.2, 0.25) is 23.6 Å². The van der Waals surface area contributed by atoms with Gasteiger partial charge < -0.3 is 25.8 Å². The summed E-state index contributed by atoms with van der Waals surface area (Å²) >= 11 is 0. The van der Waals surface area contributed by atoms with Gasteiger partial charge in [-0.15, -0.1) is 0 Å². The first-order valence-electron chi connectivity index (χ1n) is 23.0. The average molecular weight is 931 g/mol. The van der Waals surface area contributed by atoms with Crippen molar-refractivity contribution in [2.24, 2.45) is 0 Å². The number of nitrogens with zero attached hydrogens (tertiary/aromatic N) is 5. The van der Waals surface area contributed by atoms with Crippen LogP contribution in [0.3, 0.4) is 0 Å². The van der Waals surface area contributed by atoms with Crippen molar-refractivity contribution >= 4 is 47.3 Å². The maximum Gasteiger partial charge on any atom is 0.262 e. The Morgan fingerprint density at radius 1 is 0.507 bits per heavy atom. The third kappa shape index (κ3) is 10.1. The van der Waals surface area contributed by atoms with Gasteiger partial charge in [-0.05, 0) is 41.0 Å². The third-order valence-electron chi connectivity index (χ3n) is 13.0. The Bertz CT molecular complexity index is 2670. The maximum absolute atomic E-state index is 14.2. The minimum absolute atomic E-state index is 0.145. The molecule has 0 unspecified atom stereocenters. The molecule has 16 heteroatoms. The van der Waals surface area contributed by atoms with Crippen LogP contribution in [-0.2, 0) is 38.6 Å². The van der Waals surface area contributed by atoms with Crippen LogP contribution < -0.4 is 16.0 Å². The topological polar surface area (TPSA) is 189 Å². The molecule has 69 heavy (non-hydrogen) atoms. The van der Waals surface area contributed by atoms with Crippen molar-refractivity contribution in [1.29, 1.82) is 0 Å². The summed E-state index contributed by atoms with van der Waals surface area (Å²) in [6, 6.07) is 38.4. The van der Waals surface area contributed by atoms with Crippen LogP contribution in [0.25, 0.3) is 0 Å². The normalized spacial score (nSPS) is 19.2. The van der Waals surface area contributed by atoms with Gasteiger partial charge in [-0.3, -0.25) is 53.1 Å². The molecule has 354 valence electrons. The highest BCUT2D eigenvalue weighted by Gasteiger charge is 2.48. The molecule has 0 saturated carbocycles. The molecule has 4 aliphatic heterocycles. The van der Waals surface area contributed by atoms with E-state index in [2.05, 4.69) is 20.9 Å². The largest absolute Gasteiger partial charge is 0.357 e. The van der Waals surface area contributed by atoms with Crippen molar-refractivity contribution < 1.29 is 38.4 Å². The summed E-state index contributed by atoms with van der Waals surface area (Å²) < 4.78 is 0. The van der Waals surface area contributed by atoms with Gasteiger partial charge in [0, 0.05) is 72.8 Å². The first-order chi connectivity index (χ1) is 33.5. The molecule has 0 bridgehead atoms. The summed E-state index contributed by atoms with van der Waals surface area (Å²) in [7, 11) is 3.08. The van der Waals surface area contributed by atoms with Crippen LogP contribution >= 0.6 is 0 Å². The van der Waals surface area contributed by atoms with E-state index in [1.807, 2.05) is 91.0 Å². The minimum atomic E-state index is -1.06. The van der Waals surface area contributed by atoms with E-state index in [4.69, 9.17) is 0 Å². The van der Waals surface area contributed by atoms with Crippen molar-refractivity contribution in [3.8, 4) is 0 Å². The molecule has 4 atom stereocenters. The molecule has 0 spiro atoms. The molecule has 0 radical (unpaired) electrons. The summed E-state index contributed by atoms with van der Waals surface area (Å²) in [6.07, 6.45) is 0.654. The molecule has 4 aliphatic rings. The Kier molecular flexibility index (Phi) is 14.8. The number of carbonyl (C=O) groups is 8. The van der Waals surface area contributed by atoms with Crippen molar-refractivity contribution in [3.63, 3.8) is 0 Å². The first kappa shape index (κ1) is 47.7. The standard InChI is InChI=1S/C30H30N4O4.C23H24N4O4/c1-31-27(35)25(18-21-10-4-2-5-11-21)33-17-16-32(19-22-12-6-3-7-13-22)20-26(30(33)38)34-28(36)23-14-8-9-15-24(23)29(34)37;1-24-20(28)18(13-15-7-3-2-4-8-15)26-12-11-25-14-19(23(26)31)27-21(29)16-9-5-6-10-17(16)22(27)30/h2-15,25-26H,16-20H2,1H3,(H,31,35);2-10,18-19,25H,11-14H2,1H3,(H,24,28)/t25-,26-;18-,19-/m00/s1. The fourth-order valence-corrected chi connectivity index (χ4v) is 9.47. The molecule has 5 aromatic rings. The van der Waals surface area contributed by atoms with Gasteiger partial charge in [0.15, 0.2) is 0 Å². The molecule has 0 aromatic heterocycles. The number of hydrogen-bond donors (Lipinski definition) is 3. The fourth-order valence-electron chi connectivity index (χ4n) is 9.47. The summed E-state index contributed by atoms with van der Waals surface area (Å²) in [5.41, 5.74) is 4.06. The quantitative estimate of drug-likeness (QED) is 0.157. The molecule has 3 N–H and O–H groups in total. The van der Waals surface area contributed by atoms with Crippen LogP contribution in [0.1, 0.15) is 58.1 Å². The lowest BCUT2D eigenvalue weighted by Crippen LogP contribution is -2.57. The number of carbonyl (C=O) groups excluding carboxylic acids is 8. The molecule has 0 aliphatic carbocycles. The lowest BCUT2D eigenvalue weighted by atomic mass is 10.0. The minimum Gasteiger partial charge on any atom is -0.357 e. The van der Waals surface area contributed by atoms with E-state index in [0.717, 1.165) is 26.5 Å². The Balaban J connectivity index is 0.000000190. The monoisotopic (exact) mass is 930 g/mol. The van der Waals surface area contributed by atoms with Crippen molar-refractivity contribution in [2.75, 3.05) is 53.4 Å². The number of imide groups is 2. The van der Waals surface area contributed by atoms with Crippen LogP contribution in [0.15, 0.2) is 140 Å². The second-order valence-electron chi connectivity index (χ2n) is 17.2. The lowest BCUT2D eigenvalue weighted by molar-refractivity contribution is -0.142. The molecule has 9 rings (SSSR count). The molecule has 8 amide bonds. The molecular weight excluding hydrogens is 877 g/mol. The number of hydrogen-bond acceptors (Lipinski definition) is 10. The Morgan fingerprint density at radius 3 is 1.32 bits per heavy atom. The predicted molar refractivity (Wildman–Crippen MR) is 255 cm³/mol. The van der Waals surface area contributed by atoms with E-state index in [9.17, 15) is 38.4 Å². The first-order valence-corrected chi connectivity index (χ1v) is 23.0. The van der Waals surface area contributed by atoms with Crippen LogP contribution in [0.2, 0.25) is 0 Å². The molecule has 2 fully saturated rings. The Labute approximate surface area is 400 Å². The smallest absolute Gasteiger partial charge is 0.262 e. The summed E-state index contributed by atoms with van der Waals surface area (Å²) in [4.78, 5) is 114. The van der Waals surface area contributed by atoms with E-state index in [-0.39, 0.29) is 31.4 Å². The van der Waals surface area contributed by atoms with Crippen LogP contribution in [0, 0.1) is 0 Å². The van der Waals surface area contributed by atoms with Crippen molar-refractivity contribution in [1.82, 2.24) is 40.4 Å². The van der Waals surface area contributed by atoms with Gasteiger partial charge in [0.25, 0.3) is 23.6 Å². The summed E-state index contributed by atoms with van der Waals surface area (Å²) in [5.74, 6) is -3.33. The number of nitrogens with one attached hydrogen (secondary N) is 3. The highest BCUT2D eigenvalue weighted by atomic mass is 16.2. The van der Waals surface area contributed by atoms with E-state index in [1.54, 1.807) is 60.5 Å². The number of benzene rings is 5. The van der Waals surface area contributed by atoms with E-state index >= 15 is 0 Å². The van der Waals surface area contributed by atoms with Gasteiger partial charge >= 0.3 is 0 Å². The van der Waals surface area contributed by atoms with Crippen LogP contribution in [-0.4, -0.2) is 149 Å². The number of amides is 8. The van der Waals surface area contributed by atoms with Gasteiger partial charge in [0.1, 0.15) is 24.2 Å². The second kappa shape index (κ2) is 21.4. The third-order valence-corrected chi connectivity index (χ3v) is 13.0.